The number of anilines is 1. The molecule has 1 fully saturated rings. The van der Waals surface area contributed by atoms with Crippen LogP contribution in [0, 0.1) is 17.7 Å². The Balaban J connectivity index is 1.54. The molecule has 1 unspecified atom stereocenters. The molecule has 3 aromatic heterocycles. The van der Waals surface area contributed by atoms with Crippen molar-refractivity contribution in [2.45, 2.75) is 19.3 Å². The van der Waals surface area contributed by atoms with Gasteiger partial charge < -0.3 is 15.0 Å². The quantitative estimate of drug-likeness (QED) is 0.442. The summed E-state index contributed by atoms with van der Waals surface area (Å²) in [6, 6.07) is 11.8. The van der Waals surface area contributed by atoms with Crippen LogP contribution in [0.5, 0.6) is 11.6 Å². The summed E-state index contributed by atoms with van der Waals surface area (Å²) >= 11 is 0. The van der Waals surface area contributed by atoms with Gasteiger partial charge in [-0.15, -0.1) is 0 Å². The number of rotatable bonds is 5. The van der Waals surface area contributed by atoms with Crippen molar-refractivity contribution >= 4 is 17.4 Å². The van der Waals surface area contributed by atoms with Gasteiger partial charge in [0.15, 0.2) is 11.6 Å². The van der Waals surface area contributed by atoms with Gasteiger partial charge in [-0.1, -0.05) is 12.0 Å². The highest BCUT2D eigenvalue weighted by atomic mass is 19.1. The molecule has 1 saturated heterocycles. The average molecular weight is 471 g/mol. The minimum Gasteiger partial charge on any atom is -0.436 e. The molecule has 0 radical (unpaired) electrons. The fourth-order valence-electron chi connectivity index (χ4n) is 4.33. The van der Waals surface area contributed by atoms with E-state index in [4.69, 9.17) is 9.72 Å². The van der Waals surface area contributed by atoms with Crippen LogP contribution in [0.25, 0.3) is 16.9 Å². The van der Waals surface area contributed by atoms with Gasteiger partial charge in [0.2, 0.25) is 11.8 Å². The summed E-state index contributed by atoms with van der Waals surface area (Å²) in [5, 5.41) is 3.09. The number of hydrogen-bond acceptors (Lipinski definition) is 6. The lowest BCUT2D eigenvalue weighted by Gasteiger charge is -2.12. The summed E-state index contributed by atoms with van der Waals surface area (Å²) < 4.78 is 22.5. The Morgan fingerprint density at radius 2 is 2.09 bits per heavy atom. The number of carbonyl (C=O) groups is 1. The van der Waals surface area contributed by atoms with Crippen molar-refractivity contribution in [3.63, 3.8) is 0 Å². The molecule has 4 aromatic rings. The third kappa shape index (κ3) is 4.26. The number of carbonyl (C=O) groups excluding carboxylic acids is 1. The number of benzene rings is 1. The smallest absolute Gasteiger partial charge is 0.298 e. The number of halogens is 1. The molecule has 5 rings (SSSR count). The number of amides is 1. The number of nitrogens with one attached hydrogen (secondary N) is 1. The Kier molecular flexibility index (Phi) is 6.02. The zero-order valence-electron chi connectivity index (χ0n) is 19.3. The first-order chi connectivity index (χ1) is 17.1. The molecular formula is C26H23FN6O2. The van der Waals surface area contributed by atoms with Crippen LogP contribution < -0.4 is 10.1 Å². The summed E-state index contributed by atoms with van der Waals surface area (Å²) in [5.41, 5.74) is 2.27. The molecule has 9 heteroatoms. The van der Waals surface area contributed by atoms with Crippen molar-refractivity contribution in [3.05, 3.63) is 66.4 Å². The monoisotopic (exact) mass is 470 g/mol. The largest absolute Gasteiger partial charge is 0.436 e. The Hall–Kier alpha value is -4.45. The van der Waals surface area contributed by atoms with E-state index in [1.165, 1.54) is 6.07 Å². The summed E-state index contributed by atoms with van der Waals surface area (Å²) in [7, 11) is 1.77. The van der Waals surface area contributed by atoms with E-state index in [2.05, 4.69) is 27.1 Å². The zero-order valence-corrected chi connectivity index (χ0v) is 19.3. The highest BCUT2D eigenvalue weighted by molar-refractivity contribution is 5.93. The van der Waals surface area contributed by atoms with E-state index in [0.717, 1.165) is 17.6 Å². The van der Waals surface area contributed by atoms with Gasteiger partial charge in [0.1, 0.15) is 5.82 Å². The second kappa shape index (κ2) is 9.43. The molecule has 1 aromatic carbocycles. The first kappa shape index (κ1) is 22.3. The third-order valence-electron chi connectivity index (χ3n) is 5.94. The van der Waals surface area contributed by atoms with Crippen LogP contribution in [0.2, 0.25) is 0 Å². The van der Waals surface area contributed by atoms with Gasteiger partial charge >= 0.3 is 0 Å². The maximum Gasteiger partial charge on any atom is 0.298 e. The molecule has 0 bridgehead atoms. The summed E-state index contributed by atoms with van der Waals surface area (Å²) in [6.45, 7) is 2.80. The predicted octanol–water partition coefficient (Wildman–Crippen LogP) is 4.10. The number of pyridine rings is 1. The predicted molar refractivity (Wildman–Crippen MR) is 130 cm³/mol. The Bertz CT molecular complexity index is 1460. The molecule has 1 aliphatic heterocycles. The molecule has 35 heavy (non-hydrogen) atoms. The van der Waals surface area contributed by atoms with Gasteiger partial charge in [-0.3, -0.25) is 9.20 Å². The van der Waals surface area contributed by atoms with Crippen LogP contribution in [-0.2, 0) is 4.79 Å². The molecule has 0 spiro atoms. The summed E-state index contributed by atoms with van der Waals surface area (Å²) in [4.78, 5) is 27.4. The van der Waals surface area contributed by atoms with Crippen molar-refractivity contribution in [2.24, 2.45) is 0 Å². The van der Waals surface area contributed by atoms with Crippen molar-refractivity contribution in [1.82, 2.24) is 24.3 Å². The SMILES string of the molecule is CC#CC(=O)N1CCC(c2nc(-c3ccc(Oc4ccccn4)c(F)c3)n3c(NC)nccc23)C1. The third-order valence-corrected chi connectivity index (χ3v) is 5.94. The van der Waals surface area contributed by atoms with Crippen LogP contribution in [0.1, 0.15) is 25.0 Å². The van der Waals surface area contributed by atoms with Crippen LogP contribution in [-0.4, -0.2) is 50.3 Å². The molecule has 4 heterocycles. The second-order valence-corrected chi connectivity index (χ2v) is 8.09. The van der Waals surface area contributed by atoms with Crippen LogP contribution >= 0.6 is 0 Å². The normalized spacial score (nSPS) is 15.1. The maximum atomic E-state index is 15.0. The van der Waals surface area contributed by atoms with Gasteiger partial charge in [-0.25, -0.2) is 19.3 Å². The van der Waals surface area contributed by atoms with E-state index in [1.807, 2.05) is 10.5 Å². The van der Waals surface area contributed by atoms with E-state index in [0.29, 0.717) is 36.3 Å². The van der Waals surface area contributed by atoms with Crippen LogP contribution in [0.15, 0.2) is 54.9 Å². The summed E-state index contributed by atoms with van der Waals surface area (Å²) in [5.74, 6) is 6.11. The first-order valence-electron chi connectivity index (χ1n) is 11.2. The van der Waals surface area contributed by atoms with Crippen LogP contribution in [0.4, 0.5) is 10.3 Å². The number of nitrogens with zero attached hydrogens (tertiary/aromatic N) is 5. The number of likely N-dealkylation sites (tertiary alicyclic amines) is 1. The van der Waals surface area contributed by atoms with Gasteiger partial charge in [0, 0.05) is 50.1 Å². The molecule has 1 atom stereocenters. The van der Waals surface area contributed by atoms with Gasteiger partial charge in [0.05, 0.1) is 11.2 Å². The number of aromatic nitrogens is 4. The van der Waals surface area contributed by atoms with Gasteiger partial charge in [-0.05, 0) is 49.6 Å². The molecule has 1 N–H and O–H groups in total. The van der Waals surface area contributed by atoms with E-state index < -0.39 is 5.82 Å². The highest BCUT2D eigenvalue weighted by Gasteiger charge is 2.31. The van der Waals surface area contributed by atoms with Crippen molar-refractivity contribution in [3.8, 4) is 34.9 Å². The molecular weight excluding hydrogens is 447 g/mol. The van der Waals surface area contributed by atoms with Crippen molar-refractivity contribution in [1.29, 1.82) is 0 Å². The Morgan fingerprint density at radius 3 is 2.83 bits per heavy atom. The number of ether oxygens (including phenoxy) is 1. The average Bonchev–Trinajstić information content (AvgIpc) is 3.51. The first-order valence-corrected chi connectivity index (χ1v) is 11.2. The number of imidazole rings is 1. The lowest BCUT2D eigenvalue weighted by molar-refractivity contribution is -0.124. The van der Waals surface area contributed by atoms with E-state index in [1.54, 1.807) is 61.6 Å². The lowest BCUT2D eigenvalue weighted by Crippen LogP contribution is -2.26. The molecule has 176 valence electrons. The van der Waals surface area contributed by atoms with E-state index >= 15 is 4.39 Å². The van der Waals surface area contributed by atoms with Crippen molar-refractivity contribution in [2.75, 3.05) is 25.5 Å². The standard InChI is InChI=1S/C26H23FN6O2/c1-3-6-23(34)32-14-11-18(16-32)24-20-10-13-30-26(28-2)33(20)25(31-24)17-8-9-21(19(27)15-17)35-22-7-4-5-12-29-22/h4-5,7-10,12-13,15,18H,11,14,16H2,1-2H3,(H,28,30). The van der Waals surface area contributed by atoms with Crippen LogP contribution in [0.3, 0.4) is 0 Å². The molecule has 0 aliphatic carbocycles. The molecule has 8 nitrogen and oxygen atoms in total. The van der Waals surface area contributed by atoms with Gasteiger partial charge in [-0.2, -0.15) is 0 Å². The fraction of sp³-hybridized carbons (Fsp3) is 0.231. The lowest BCUT2D eigenvalue weighted by atomic mass is 10.0. The number of hydrogen-bond donors (Lipinski definition) is 1. The maximum absolute atomic E-state index is 15.0. The van der Waals surface area contributed by atoms with E-state index in [9.17, 15) is 4.79 Å². The zero-order chi connectivity index (χ0) is 24.4. The Morgan fingerprint density at radius 1 is 1.20 bits per heavy atom. The summed E-state index contributed by atoms with van der Waals surface area (Å²) in [6.07, 6.45) is 4.06. The highest BCUT2D eigenvalue weighted by Crippen LogP contribution is 2.35. The van der Waals surface area contributed by atoms with E-state index in [-0.39, 0.29) is 17.6 Å². The van der Waals surface area contributed by atoms with Gasteiger partial charge in [0.25, 0.3) is 5.91 Å². The second-order valence-electron chi connectivity index (χ2n) is 8.09. The minimum atomic E-state index is -0.530. The Labute approximate surface area is 201 Å². The molecule has 1 amide bonds. The molecule has 0 saturated carbocycles. The fourth-order valence-corrected chi connectivity index (χ4v) is 4.33. The minimum absolute atomic E-state index is 0.0325. The number of fused-ring (bicyclic) bond motifs is 1. The molecule has 1 aliphatic rings. The topological polar surface area (TPSA) is 84.7 Å². The van der Waals surface area contributed by atoms with Crippen molar-refractivity contribution < 1.29 is 13.9 Å².